The molecular weight excluding hydrogens is 350 g/mol. The fourth-order valence-corrected chi connectivity index (χ4v) is 4.03. The standard InChI is InChI=1S/C18H23N5O2S/c1-13-20-14(12-26-13)10-17(24)23-8-9-25-16(11-23)15-4-5-19-18(21-15)22-6-2-3-7-22/h4-5,12,16H,2-3,6-11H2,1H3/t16-/m0/s1. The van der Waals surface area contributed by atoms with Crippen LogP contribution >= 0.6 is 11.3 Å². The minimum absolute atomic E-state index is 0.0948. The summed E-state index contributed by atoms with van der Waals surface area (Å²) < 4.78 is 5.90. The highest BCUT2D eigenvalue weighted by molar-refractivity contribution is 7.09. The van der Waals surface area contributed by atoms with Crippen molar-refractivity contribution in [3.8, 4) is 0 Å². The maximum Gasteiger partial charge on any atom is 0.228 e. The van der Waals surface area contributed by atoms with Crippen LogP contribution in [0.1, 0.15) is 35.3 Å². The number of nitrogens with zero attached hydrogens (tertiary/aromatic N) is 5. The van der Waals surface area contributed by atoms with Crippen LogP contribution in [0, 0.1) is 6.92 Å². The molecule has 4 rings (SSSR count). The third-order valence-electron chi connectivity index (χ3n) is 4.80. The van der Waals surface area contributed by atoms with Gasteiger partial charge in [0.05, 0.1) is 36.0 Å². The number of morpholine rings is 1. The van der Waals surface area contributed by atoms with Gasteiger partial charge in [0.15, 0.2) is 0 Å². The molecule has 1 atom stereocenters. The van der Waals surface area contributed by atoms with E-state index in [0.717, 1.165) is 35.4 Å². The van der Waals surface area contributed by atoms with Crippen molar-refractivity contribution in [2.75, 3.05) is 37.7 Å². The number of carbonyl (C=O) groups is 1. The Morgan fingerprint density at radius 2 is 2.15 bits per heavy atom. The van der Waals surface area contributed by atoms with Gasteiger partial charge in [0.1, 0.15) is 6.10 Å². The van der Waals surface area contributed by atoms with E-state index >= 15 is 0 Å². The summed E-state index contributed by atoms with van der Waals surface area (Å²) >= 11 is 1.58. The molecule has 1 amide bonds. The second-order valence-corrected chi connectivity index (χ2v) is 7.77. The van der Waals surface area contributed by atoms with Gasteiger partial charge in [-0.05, 0) is 25.8 Å². The Kier molecular flexibility index (Phi) is 5.12. The second-order valence-electron chi connectivity index (χ2n) is 6.71. The molecule has 2 saturated heterocycles. The zero-order chi connectivity index (χ0) is 17.9. The van der Waals surface area contributed by atoms with Crippen molar-refractivity contribution >= 4 is 23.2 Å². The smallest absolute Gasteiger partial charge is 0.228 e. The van der Waals surface area contributed by atoms with Crippen LogP contribution in [-0.4, -0.2) is 58.5 Å². The van der Waals surface area contributed by atoms with E-state index in [-0.39, 0.29) is 12.0 Å². The van der Waals surface area contributed by atoms with E-state index in [1.165, 1.54) is 12.8 Å². The van der Waals surface area contributed by atoms with Crippen LogP contribution in [-0.2, 0) is 16.0 Å². The van der Waals surface area contributed by atoms with E-state index in [1.807, 2.05) is 23.3 Å². The van der Waals surface area contributed by atoms with Gasteiger partial charge in [0, 0.05) is 31.2 Å². The van der Waals surface area contributed by atoms with Crippen molar-refractivity contribution in [3.05, 3.63) is 34.0 Å². The molecule has 2 aromatic heterocycles. The van der Waals surface area contributed by atoms with Gasteiger partial charge >= 0.3 is 0 Å². The Labute approximate surface area is 157 Å². The van der Waals surface area contributed by atoms with Crippen molar-refractivity contribution in [3.63, 3.8) is 0 Å². The zero-order valence-corrected chi connectivity index (χ0v) is 15.7. The molecule has 4 heterocycles. The minimum atomic E-state index is -0.200. The average molecular weight is 373 g/mol. The van der Waals surface area contributed by atoms with Gasteiger partial charge in [-0.15, -0.1) is 11.3 Å². The topological polar surface area (TPSA) is 71.5 Å². The first-order valence-corrected chi connectivity index (χ1v) is 9.95. The summed E-state index contributed by atoms with van der Waals surface area (Å²) in [6, 6.07) is 1.89. The molecule has 0 aromatic carbocycles. The Morgan fingerprint density at radius 1 is 1.31 bits per heavy atom. The van der Waals surface area contributed by atoms with Crippen LogP contribution in [0.25, 0.3) is 0 Å². The zero-order valence-electron chi connectivity index (χ0n) is 14.9. The highest BCUT2D eigenvalue weighted by Crippen LogP contribution is 2.24. The molecule has 2 aliphatic rings. The highest BCUT2D eigenvalue weighted by Gasteiger charge is 2.27. The lowest BCUT2D eigenvalue weighted by atomic mass is 10.2. The molecule has 7 nitrogen and oxygen atoms in total. The Morgan fingerprint density at radius 3 is 2.92 bits per heavy atom. The van der Waals surface area contributed by atoms with Crippen LogP contribution in [0.5, 0.6) is 0 Å². The second kappa shape index (κ2) is 7.67. The first-order chi connectivity index (χ1) is 12.7. The molecule has 8 heteroatoms. The van der Waals surface area contributed by atoms with Gasteiger partial charge in [-0.1, -0.05) is 0 Å². The summed E-state index contributed by atoms with van der Waals surface area (Å²) in [5, 5.41) is 2.95. The lowest BCUT2D eigenvalue weighted by Crippen LogP contribution is -2.43. The number of carbonyl (C=O) groups excluding carboxylic acids is 1. The van der Waals surface area contributed by atoms with E-state index in [4.69, 9.17) is 9.72 Å². The van der Waals surface area contributed by atoms with Gasteiger partial charge in [-0.2, -0.15) is 0 Å². The molecule has 26 heavy (non-hydrogen) atoms. The lowest BCUT2D eigenvalue weighted by molar-refractivity contribution is -0.138. The molecule has 2 aromatic rings. The van der Waals surface area contributed by atoms with Crippen LogP contribution in [0.2, 0.25) is 0 Å². The molecule has 0 saturated carbocycles. The summed E-state index contributed by atoms with van der Waals surface area (Å²) in [5.74, 6) is 0.863. The van der Waals surface area contributed by atoms with E-state index in [2.05, 4.69) is 14.9 Å². The fraction of sp³-hybridized carbons (Fsp3) is 0.556. The number of rotatable bonds is 4. The van der Waals surface area contributed by atoms with Gasteiger partial charge in [-0.25, -0.2) is 15.0 Å². The molecule has 0 aliphatic carbocycles. The number of anilines is 1. The normalized spacial score (nSPS) is 20.6. The Hall–Kier alpha value is -2.06. The molecule has 2 aliphatic heterocycles. The first-order valence-electron chi connectivity index (χ1n) is 9.07. The van der Waals surface area contributed by atoms with Gasteiger partial charge < -0.3 is 14.5 Å². The van der Waals surface area contributed by atoms with Crippen LogP contribution in [0.4, 0.5) is 5.95 Å². The van der Waals surface area contributed by atoms with Crippen LogP contribution < -0.4 is 4.90 Å². The summed E-state index contributed by atoms with van der Waals surface area (Å²) in [4.78, 5) is 30.2. The lowest BCUT2D eigenvalue weighted by Gasteiger charge is -2.33. The van der Waals surface area contributed by atoms with Gasteiger partial charge in [0.25, 0.3) is 0 Å². The highest BCUT2D eigenvalue weighted by atomic mass is 32.1. The van der Waals surface area contributed by atoms with Gasteiger partial charge in [-0.3, -0.25) is 4.79 Å². The SMILES string of the molecule is Cc1nc(CC(=O)N2CCO[C@H](c3ccnc(N4CCCC4)n3)C2)cs1. The van der Waals surface area contributed by atoms with E-state index < -0.39 is 0 Å². The Balaban J connectivity index is 1.43. The van der Waals surface area contributed by atoms with Crippen molar-refractivity contribution in [2.45, 2.75) is 32.3 Å². The third-order valence-corrected chi connectivity index (χ3v) is 5.62. The predicted molar refractivity (Wildman–Crippen MR) is 99.3 cm³/mol. The van der Waals surface area contributed by atoms with Crippen molar-refractivity contribution in [2.24, 2.45) is 0 Å². The summed E-state index contributed by atoms with van der Waals surface area (Å²) in [5.41, 5.74) is 1.70. The van der Waals surface area contributed by atoms with E-state index in [9.17, 15) is 4.79 Å². The van der Waals surface area contributed by atoms with Gasteiger partial charge in [0.2, 0.25) is 11.9 Å². The number of hydrogen-bond acceptors (Lipinski definition) is 7. The summed E-state index contributed by atoms with van der Waals surface area (Å²) in [6.45, 7) is 5.63. The van der Waals surface area contributed by atoms with Crippen LogP contribution in [0.3, 0.4) is 0 Å². The Bertz CT molecular complexity index is 774. The summed E-state index contributed by atoms with van der Waals surface area (Å²) in [7, 11) is 0. The van der Waals surface area contributed by atoms with Crippen molar-refractivity contribution < 1.29 is 9.53 Å². The summed E-state index contributed by atoms with van der Waals surface area (Å²) in [6.07, 6.45) is 4.31. The number of hydrogen-bond donors (Lipinski definition) is 0. The minimum Gasteiger partial charge on any atom is -0.368 e. The van der Waals surface area contributed by atoms with Crippen molar-refractivity contribution in [1.82, 2.24) is 19.9 Å². The van der Waals surface area contributed by atoms with E-state index in [0.29, 0.717) is 26.1 Å². The number of thiazole rings is 1. The molecule has 0 unspecified atom stereocenters. The molecule has 0 N–H and O–H groups in total. The number of amides is 1. The number of ether oxygens (including phenoxy) is 1. The molecular formula is C18H23N5O2S. The molecule has 138 valence electrons. The monoisotopic (exact) mass is 373 g/mol. The first kappa shape index (κ1) is 17.4. The van der Waals surface area contributed by atoms with Crippen molar-refractivity contribution in [1.29, 1.82) is 0 Å². The predicted octanol–water partition coefficient (Wildman–Crippen LogP) is 1.98. The molecule has 0 spiro atoms. The molecule has 0 radical (unpaired) electrons. The van der Waals surface area contributed by atoms with E-state index in [1.54, 1.807) is 17.5 Å². The molecule has 0 bridgehead atoms. The maximum absolute atomic E-state index is 12.6. The number of aryl methyl sites for hydroxylation is 1. The largest absolute Gasteiger partial charge is 0.368 e. The maximum atomic E-state index is 12.6. The van der Waals surface area contributed by atoms with Crippen LogP contribution in [0.15, 0.2) is 17.6 Å². The fourth-order valence-electron chi connectivity index (χ4n) is 3.42. The molecule has 2 fully saturated rings. The average Bonchev–Trinajstić information content (AvgIpc) is 3.34. The number of aromatic nitrogens is 3. The quantitative estimate of drug-likeness (QED) is 0.816. The third kappa shape index (κ3) is 3.86.